The second-order valence-electron chi connectivity index (χ2n) is 5.31. The molecule has 1 unspecified atom stereocenters. The van der Waals surface area contributed by atoms with E-state index in [1.165, 1.54) is 0 Å². The summed E-state index contributed by atoms with van der Waals surface area (Å²) in [7, 11) is 0. The molecule has 1 aromatic carbocycles. The van der Waals surface area contributed by atoms with E-state index in [-0.39, 0.29) is 12.3 Å². The topological polar surface area (TPSA) is 66.3 Å². The highest BCUT2D eigenvalue weighted by Gasteiger charge is 2.24. The number of aromatic nitrogens is 2. The Morgan fingerprint density at radius 1 is 1.40 bits per heavy atom. The summed E-state index contributed by atoms with van der Waals surface area (Å²) in [5, 5.41) is 19.4. The summed E-state index contributed by atoms with van der Waals surface area (Å²) < 4.78 is 0. The molecule has 0 spiro atoms. The van der Waals surface area contributed by atoms with Gasteiger partial charge < -0.3 is 10.0 Å². The van der Waals surface area contributed by atoms with Gasteiger partial charge in [0, 0.05) is 30.3 Å². The standard InChI is InChI=1S/C15H17N3O2/c19-14(20)8-11-4-3-7-18(10-11)15-13-6-2-1-5-12(13)9-16-17-15/h1-2,5-6,9,11H,3-4,7-8,10H2,(H,19,20). The molecule has 1 aliphatic rings. The van der Waals surface area contributed by atoms with Crippen LogP contribution in [0.5, 0.6) is 0 Å². The Morgan fingerprint density at radius 3 is 3.10 bits per heavy atom. The molecule has 0 amide bonds. The minimum absolute atomic E-state index is 0.196. The third-order valence-electron chi connectivity index (χ3n) is 3.83. The molecule has 104 valence electrons. The van der Waals surface area contributed by atoms with Gasteiger partial charge in [-0.3, -0.25) is 4.79 Å². The Kier molecular flexibility index (Phi) is 3.50. The van der Waals surface area contributed by atoms with Crippen molar-refractivity contribution < 1.29 is 9.90 Å². The molecule has 2 heterocycles. The van der Waals surface area contributed by atoms with Crippen molar-refractivity contribution >= 4 is 22.6 Å². The lowest BCUT2D eigenvalue weighted by molar-refractivity contribution is -0.138. The van der Waals surface area contributed by atoms with Crippen molar-refractivity contribution in [2.75, 3.05) is 18.0 Å². The summed E-state index contributed by atoms with van der Waals surface area (Å²) in [6.07, 6.45) is 3.97. The monoisotopic (exact) mass is 271 g/mol. The second-order valence-corrected chi connectivity index (χ2v) is 5.31. The summed E-state index contributed by atoms with van der Waals surface area (Å²) in [5.41, 5.74) is 0. The van der Waals surface area contributed by atoms with Crippen LogP contribution in [0.15, 0.2) is 30.5 Å². The SMILES string of the molecule is O=C(O)CC1CCCN(c2nncc3ccccc23)C1. The fourth-order valence-corrected chi connectivity index (χ4v) is 2.92. The van der Waals surface area contributed by atoms with E-state index in [1.807, 2.05) is 24.3 Å². The van der Waals surface area contributed by atoms with Gasteiger partial charge >= 0.3 is 5.97 Å². The Morgan fingerprint density at radius 2 is 2.25 bits per heavy atom. The smallest absolute Gasteiger partial charge is 0.303 e. The highest BCUT2D eigenvalue weighted by atomic mass is 16.4. The number of hydrogen-bond acceptors (Lipinski definition) is 4. The van der Waals surface area contributed by atoms with Gasteiger partial charge in [0.2, 0.25) is 0 Å². The largest absolute Gasteiger partial charge is 0.481 e. The molecular weight excluding hydrogens is 254 g/mol. The van der Waals surface area contributed by atoms with Gasteiger partial charge in [0.25, 0.3) is 0 Å². The van der Waals surface area contributed by atoms with Gasteiger partial charge in [-0.25, -0.2) is 0 Å². The van der Waals surface area contributed by atoms with Crippen LogP contribution in [0.2, 0.25) is 0 Å². The molecule has 1 saturated heterocycles. The van der Waals surface area contributed by atoms with Crippen LogP contribution in [0, 0.1) is 5.92 Å². The highest BCUT2D eigenvalue weighted by molar-refractivity contribution is 5.91. The van der Waals surface area contributed by atoms with Crippen LogP contribution in [-0.2, 0) is 4.79 Å². The number of nitrogens with zero attached hydrogens (tertiary/aromatic N) is 3. The van der Waals surface area contributed by atoms with Crippen molar-refractivity contribution in [2.45, 2.75) is 19.3 Å². The zero-order valence-electron chi connectivity index (χ0n) is 11.2. The van der Waals surface area contributed by atoms with Crippen LogP contribution >= 0.6 is 0 Å². The minimum Gasteiger partial charge on any atom is -0.481 e. The van der Waals surface area contributed by atoms with Crippen LogP contribution in [0.1, 0.15) is 19.3 Å². The quantitative estimate of drug-likeness (QED) is 0.928. The number of carbonyl (C=O) groups is 1. The van der Waals surface area contributed by atoms with Gasteiger partial charge in [-0.15, -0.1) is 5.10 Å². The van der Waals surface area contributed by atoms with Crippen molar-refractivity contribution in [3.05, 3.63) is 30.5 Å². The number of hydrogen-bond donors (Lipinski definition) is 1. The number of benzene rings is 1. The third-order valence-corrected chi connectivity index (χ3v) is 3.83. The fraction of sp³-hybridized carbons (Fsp3) is 0.400. The average Bonchev–Trinajstić information content (AvgIpc) is 2.46. The lowest BCUT2D eigenvalue weighted by Gasteiger charge is -2.33. The van der Waals surface area contributed by atoms with E-state index in [4.69, 9.17) is 5.11 Å². The number of carboxylic acid groups (broad SMARTS) is 1. The highest BCUT2D eigenvalue weighted by Crippen LogP contribution is 2.28. The summed E-state index contributed by atoms with van der Waals surface area (Å²) in [6, 6.07) is 8.04. The predicted molar refractivity (Wildman–Crippen MR) is 76.7 cm³/mol. The van der Waals surface area contributed by atoms with Crippen LogP contribution in [0.25, 0.3) is 10.8 Å². The molecule has 1 fully saturated rings. The van der Waals surface area contributed by atoms with Gasteiger partial charge in [-0.05, 0) is 18.8 Å². The normalized spacial score (nSPS) is 19.2. The first-order valence-corrected chi connectivity index (χ1v) is 6.91. The molecule has 20 heavy (non-hydrogen) atoms. The molecule has 1 atom stereocenters. The van der Waals surface area contributed by atoms with Crippen LogP contribution in [-0.4, -0.2) is 34.4 Å². The van der Waals surface area contributed by atoms with Crippen molar-refractivity contribution in [3.8, 4) is 0 Å². The van der Waals surface area contributed by atoms with E-state index in [2.05, 4.69) is 15.1 Å². The van der Waals surface area contributed by atoms with Crippen molar-refractivity contribution in [3.63, 3.8) is 0 Å². The number of rotatable bonds is 3. The van der Waals surface area contributed by atoms with Gasteiger partial charge in [-0.2, -0.15) is 5.10 Å². The maximum absolute atomic E-state index is 10.9. The Labute approximate surface area is 117 Å². The Balaban J connectivity index is 1.88. The third kappa shape index (κ3) is 2.57. The second kappa shape index (κ2) is 5.45. The van der Waals surface area contributed by atoms with Crippen LogP contribution < -0.4 is 4.90 Å². The fourth-order valence-electron chi connectivity index (χ4n) is 2.92. The van der Waals surface area contributed by atoms with Crippen molar-refractivity contribution in [1.29, 1.82) is 0 Å². The molecule has 1 aliphatic heterocycles. The summed E-state index contributed by atoms with van der Waals surface area (Å²) in [6.45, 7) is 1.66. The number of piperidine rings is 1. The summed E-state index contributed by atoms with van der Waals surface area (Å²) >= 11 is 0. The maximum Gasteiger partial charge on any atom is 0.303 e. The zero-order valence-corrected chi connectivity index (χ0v) is 11.2. The van der Waals surface area contributed by atoms with E-state index in [1.54, 1.807) is 6.20 Å². The predicted octanol–water partition coefficient (Wildman–Crippen LogP) is 2.32. The van der Waals surface area contributed by atoms with Gasteiger partial charge in [0.15, 0.2) is 5.82 Å². The Bertz CT molecular complexity index is 624. The van der Waals surface area contributed by atoms with Gasteiger partial charge in [0.1, 0.15) is 0 Å². The summed E-state index contributed by atoms with van der Waals surface area (Å²) in [5.74, 6) is 0.348. The molecule has 3 rings (SSSR count). The van der Waals surface area contributed by atoms with E-state index < -0.39 is 5.97 Å². The lowest BCUT2D eigenvalue weighted by Crippen LogP contribution is -2.37. The molecule has 1 N–H and O–H groups in total. The molecule has 2 aromatic rings. The molecule has 0 bridgehead atoms. The number of anilines is 1. The van der Waals surface area contributed by atoms with Crippen molar-refractivity contribution in [1.82, 2.24) is 10.2 Å². The molecule has 5 heteroatoms. The number of aliphatic carboxylic acids is 1. The van der Waals surface area contributed by atoms with Crippen molar-refractivity contribution in [2.24, 2.45) is 5.92 Å². The first-order chi connectivity index (χ1) is 9.74. The average molecular weight is 271 g/mol. The molecular formula is C15H17N3O2. The lowest BCUT2D eigenvalue weighted by atomic mass is 9.94. The van der Waals surface area contributed by atoms with E-state index in [0.717, 1.165) is 42.5 Å². The van der Waals surface area contributed by atoms with Gasteiger partial charge in [-0.1, -0.05) is 24.3 Å². The maximum atomic E-state index is 10.9. The Hall–Kier alpha value is -2.17. The van der Waals surface area contributed by atoms with E-state index >= 15 is 0 Å². The van der Waals surface area contributed by atoms with Crippen LogP contribution in [0.3, 0.4) is 0 Å². The van der Waals surface area contributed by atoms with Gasteiger partial charge in [0.05, 0.1) is 6.20 Å². The number of fused-ring (bicyclic) bond motifs is 1. The molecule has 0 aliphatic carbocycles. The number of carboxylic acids is 1. The first kappa shape index (κ1) is 12.8. The van der Waals surface area contributed by atoms with E-state index in [0.29, 0.717) is 0 Å². The molecule has 5 nitrogen and oxygen atoms in total. The van der Waals surface area contributed by atoms with E-state index in [9.17, 15) is 4.79 Å². The molecule has 1 aromatic heterocycles. The minimum atomic E-state index is -0.721. The molecule has 0 saturated carbocycles. The summed E-state index contributed by atoms with van der Waals surface area (Å²) in [4.78, 5) is 13.0. The zero-order chi connectivity index (χ0) is 13.9. The molecule has 0 radical (unpaired) electrons. The first-order valence-electron chi connectivity index (χ1n) is 6.91. The van der Waals surface area contributed by atoms with Crippen LogP contribution in [0.4, 0.5) is 5.82 Å².